The van der Waals surface area contributed by atoms with Crippen molar-refractivity contribution in [3.63, 3.8) is 0 Å². The lowest BCUT2D eigenvalue weighted by atomic mass is 9.64. The Hall–Kier alpha value is -2.66. The van der Waals surface area contributed by atoms with Crippen molar-refractivity contribution in [1.82, 2.24) is 15.2 Å². The highest BCUT2D eigenvalue weighted by Gasteiger charge is 2.43. The number of hydrogen-bond acceptors (Lipinski definition) is 7. The van der Waals surface area contributed by atoms with Gasteiger partial charge in [0.25, 0.3) is 5.91 Å². The second-order valence-electron chi connectivity index (χ2n) is 11.4. The molecule has 0 atom stereocenters. The number of Topliss-reactive ketones (excluding diaryl/α,β-unsaturated/α-hetero) is 1. The van der Waals surface area contributed by atoms with Crippen molar-refractivity contribution in [3.8, 4) is 0 Å². The smallest absolute Gasteiger partial charge is 0.431 e. The van der Waals surface area contributed by atoms with Crippen molar-refractivity contribution in [1.29, 1.82) is 5.41 Å². The third-order valence-corrected chi connectivity index (χ3v) is 8.11. The summed E-state index contributed by atoms with van der Waals surface area (Å²) >= 11 is 12.2. The highest BCUT2D eigenvalue weighted by Crippen LogP contribution is 2.45. The molecule has 0 unspecified atom stereocenters. The summed E-state index contributed by atoms with van der Waals surface area (Å²) < 4.78 is 48.0. The Bertz CT molecular complexity index is 1170. The lowest BCUT2D eigenvalue weighted by Crippen LogP contribution is -2.47. The number of pyridine rings is 1. The van der Waals surface area contributed by atoms with Gasteiger partial charge in [-0.05, 0) is 56.8 Å². The molecule has 0 spiro atoms. The molecule has 2 fully saturated rings. The Morgan fingerprint density at radius 3 is 2.22 bits per heavy atom. The van der Waals surface area contributed by atoms with Crippen LogP contribution in [0, 0.1) is 22.7 Å². The molecule has 41 heavy (non-hydrogen) atoms. The Morgan fingerprint density at radius 2 is 1.73 bits per heavy atom. The number of carbonyl (C=O) groups is 3. The summed E-state index contributed by atoms with van der Waals surface area (Å²) in [5.41, 5.74) is -2.31. The summed E-state index contributed by atoms with van der Waals surface area (Å²) in [6.45, 7) is 5.45. The zero-order valence-corrected chi connectivity index (χ0v) is 24.8. The predicted octanol–water partition coefficient (Wildman–Crippen LogP) is 6.01. The van der Waals surface area contributed by atoms with Gasteiger partial charge in [0.15, 0.2) is 5.78 Å². The molecule has 2 aliphatic carbocycles. The van der Waals surface area contributed by atoms with Crippen LogP contribution in [0.1, 0.15) is 69.7 Å². The highest BCUT2D eigenvalue weighted by molar-refractivity contribution is 6.39. The van der Waals surface area contributed by atoms with Gasteiger partial charge < -0.3 is 20.4 Å². The Labute approximate surface area is 247 Å². The molecule has 2 aliphatic rings. The molecule has 0 aliphatic heterocycles. The number of alkyl halides is 3. The number of aromatic nitrogens is 1. The molecule has 13 heteroatoms. The van der Waals surface area contributed by atoms with Crippen LogP contribution in [0.15, 0.2) is 23.7 Å². The summed E-state index contributed by atoms with van der Waals surface area (Å²) in [6.07, 6.45) is 0.436. The average Bonchev–Trinajstić information content (AvgIpc) is 2.86. The molecule has 226 valence electrons. The summed E-state index contributed by atoms with van der Waals surface area (Å²) in [5.74, 6) is -2.55. The quantitative estimate of drug-likeness (QED) is 0.136. The second-order valence-corrected chi connectivity index (χ2v) is 12.2. The maximum atomic E-state index is 14.3. The summed E-state index contributed by atoms with van der Waals surface area (Å²) in [5, 5.41) is 10.2. The van der Waals surface area contributed by atoms with Crippen LogP contribution in [0.3, 0.4) is 0 Å². The van der Waals surface area contributed by atoms with Crippen LogP contribution in [0.5, 0.6) is 0 Å². The molecular weight excluding hydrogens is 584 g/mol. The van der Waals surface area contributed by atoms with Gasteiger partial charge in [0.2, 0.25) is 0 Å². The summed E-state index contributed by atoms with van der Waals surface area (Å²) in [4.78, 5) is 43.8. The van der Waals surface area contributed by atoms with Gasteiger partial charge in [-0.3, -0.25) is 19.4 Å². The number of rotatable bonds is 11. The van der Waals surface area contributed by atoms with Crippen molar-refractivity contribution in [3.05, 3.63) is 39.3 Å². The van der Waals surface area contributed by atoms with Crippen LogP contribution in [0.25, 0.3) is 0 Å². The number of carbonyl (C=O) groups excluding carboxylic acids is 3. The number of ether oxygens (including phenoxy) is 1. The van der Waals surface area contributed by atoms with Gasteiger partial charge in [0, 0.05) is 31.2 Å². The molecule has 1 amide bonds. The van der Waals surface area contributed by atoms with Gasteiger partial charge in [-0.2, -0.15) is 13.2 Å². The van der Waals surface area contributed by atoms with Crippen LogP contribution in [0.2, 0.25) is 10.0 Å². The molecule has 0 saturated heterocycles. The van der Waals surface area contributed by atoms with Crippen molar-refractivity contribution in [2.75, 3.05) is 19.7 Å². The van der Waals surface area contributed by atoms with E-state index in [-0.39, 0.29) is 58.9 Å². The van der Waals surface area contributed by atoms with Crippen molar-refractivity contribution >= 4 is 47.1 Å². The number of nitrogens with one attached hydrogen (secondary N) is 2. The van der Waals surface area contributed by atoms with Gasteiger partial charge in [-0.1, -0.05) is 37.0 Å². The minimum absolute atomic E-state index is 0.0163. The zero-order valence-electron chi connectivity index (χ0n) is 23.2. The maximum absolute atomic E-state index is 14.3. The van der Waals surface area contributed by atoms with Gasteiger partial charge in [-0.25, -0.2) is 0 Å². The van der Waals surface area contributed by atoms with Crippen LogP contribution in [-0.4, -0.2) is 65.7 Å². The van der Waals surface area contributed by atoms with Crippen molar-refractivity contribution in [2.45, 2.75) is 71.5 Å². The fraction of sp³-hybridized carbons (Fsp3) is 0.607. The Balaban J connectivity index is 1.88. The first-order valence-corrected chi connectivity index (χ1v) is 14.3. The normalized spacial score (nSPS) is 21.3. The molecule has 8 nitrogen and oxygen atoms in total. The maximum Gasteiger partial charge on any atom is 0.431 e. The average molecular weight is 620 g/mol. The topological polar surface area (TPSA) is 112 Å². The van der Waals surface area contributed by atoms with Crippen LogP contribution in [0.4, 0.5) is 13.2 Å². The number of esters is 1. The fourth-order valence-electron chi connectivity index (χ4n) is 5.75. The van der Waals surface area contributed by atoms with Crippen molar-refractivity contribution in [2.24, 2.45) is 17.3 Å². The lowest BCUT2D eigenvalue weighted by Gasteiger charge is -2.44. The Morgan fingerprint density at radius 1 is 1.15 bits per heavy atom. The van der Waals surface area contributed by atoms with Gasteiger partial charge >= 0.3 is 12.1 Å². The third kappa shape index (κ3) is 8.44. The summed E-state index contributed by atoms with van der Waals surface area (Å²) in [7, 11) is 0. The van der Waals surface area contributed by atoms with Crippen LogP contribution < -0.4 is 5.32 Å². The van der Waals surface area contributed by atoms with E-state index >= 15 is 0 Å². The minimum atomic E-state index is -4.98. The number of amides is 1. The first-order chi connectivity index (χ1) is 19.2. The summed E-state index contributed by atoms with van der Waals surface area (Å²) in [6, 6.07) is -0.669. The van der Waals surface area contributed by atoms with E-state index in [0.29, 0.717) is 19.1 Å². The molecule has 1 heterocycles. The van der Waals surface area contributed by atoms with E-state index in [9.17, 15) is 27.6 Å². The fourth-order valence-corrected chi connectivity index (χ4v) is 6.33. The number of hydrogen-bond donors (Lipinski definition) is 2. The predicted molar refractivity (Wildman–Crippen MR) is 149 cm³/mol. The van der Waals surface area contributed by atoms with E-state index < -0.39 is 47.6 Å². The minimum Gasteiger partial charge on any atom is -0.466 e. The standard InChI is InChI=1S/C28H35Cl2F3N4O4/c1-4-41-26(40)17-5-7-18(8-6-17)36-24(28(31,32)33)19(11-34)25(39)37(14-16-9-27(2,3)10-16)15-22(38)23-20(29)12-35-13-21(23)30/h11-13,16-18,34,36H,4-10,14-15H2,1-3H3/b24-19+,34-11?/t17-,18-. The molecular formula is C28H35Cl2F3N4O4. The molecule has 0 radical (unpaired) electrons. The van der Waals surface area contributed by atoms with E-state index in [1.54, 1.807) is 6.92 Å². The SMILES string of the molecule is CCOC(=O)[C@H]1CC[C@H](N/C(=C(\C=N)C(=O)N(CC(=O)c2c(Cl)cncc2Cl)CC2CC(C)(C)C2)C(F)(F)F)CC1. The van der Waals surface area contributed by atoms with Gasteiger partial charge in [0.05, 0.1) is 40.3 Å². The zero-order chi connectivity index (χ0) is 30.5. The van der Waals surface area contributed by atoms with Crippen LogP contribution >= 0.6 is 23.2 Å². The molecule has 2 N–H and O–H groups in total. The highest BCUT2D eigenvalue weighted by atomic mass is 35.5. The number of allylic oxidation sites excluding steroid dienone is 1. The lowest BCUT2D eigenvalue weighted by molar-refractivity contribution is -0.149. The van der Waals surface area contributed by atoms with E-state index in [0.717, 1.165) is 17.7 Å². The van der Waals surface area contributed by atoms with Gasteiger partial charge in [0.1, 0.15) is 5.70 Å². The van der Waals surface area contributed by atoms with Gasteiger partial charge in [-0.15, -0.1) is 0 Å². The number of nitrogens with zero attached hydrogens (tertiary/aromatic N) is 2. The van der Waals surface area contributed by atoms with Crippen LogP contribution in [-0.2, 0) is 14.3 Å². The van der Waals surface area contributed by atoms with Crippen molar-refractivity contribution < 1.29 is 32.3 Å². The molecule has 3 rings (SSSR count). The van der Waals surface area contributed by atoms with E-state index in [1.807, 2.05) is 13.8 Å². The molecule has 0 aromatic carbocycles. The molecule has 1 aromatic heterocycles. The first-order valence-electron chi connectivity index (χ1n) is 13.5. The third-order valence-electron chi connectivity index (χ3n) is 7.54. The number of halogens is 5. The molecule has 0 bridgehead atoms. The Kier molecular flexibility index (Phi) is 10.9. The van der Waals surface area contributed by atoms with E-state index in [2.05, 4.69) is 10.3 Å². The molecule has 1 aromatic rings. The second kappa shape index (κ2) is 13.5. The van der Waals surface area contributed by atoms with E-state index in [4.69, 9.17) is 33.3 Å². The number of ketones is 1. The monoisotopic (exact) mass is 618 g/mol. The molecule has 2 saturated carbocycles. The first kappa shape index (κ1) is 32.8. The van der Waals surface area contributed by atoms with E-state index in [1.165, 1.54) is 12.4 Å². The largest absolute Gasteiger partial charge is 0.466 e.